The second kappa shape index (κ2) is 5.20. The number of hydrogen-bond acceptors (Lipinski definition) is 3. The number of benzene rings is 1. The number of carbonyl (C=O) groups is 2. The molecule has 0 aromatic heterocycles. The van der Waals surface area contributed by atoms with Gasteiger partial charge < -0.3 is 10.0 Å². The van der Waals surface area contributed by atoms with Crippen LogP contribution in [0.3, 0.4) is 0 Å². The second-order valence-electron chi connectivity index (χ2n) is 3.98. The average Bonchev–Trinajstić information content (AvgIpc) is 2.71. The molecule has 1 aromatic rings. The van der Waals surface area contributed by atoms with Gasteiger partial charge in [0, 0.05) is 5.75 Å². The Morgan fingerprint density at radius 1 is 1.44 bits per heavy atom. The number of carbonyl (C=O) groups excluding carboxylic acids is 1. The Kier molecular flexibility index (Phi) is 3.82. The molecule has 1 saturated heterocycles. The fourth-order valence-electron chi connectivity index (χ4n) is 1.92. The van der Waals surface area contributed by atoms with Gasteiger partial charge in [-0.25, -0.2) is 4.79 Å². The number of hydrogen-bond donors (Lipinski definition) is 1. The summed E-state index contributed by atoms with van der Waals surface area (Å²) < 4.78 is 0. The zero-order valence-corrected chi connectivity index (χ0v) is 11.2. The molecule has 96 valence electrons. The second-order valence-corrected chi connectivity index (χ2v) is 5.74. The number of halogens is 1. The van der Waals surface area contributed by atoms with Gasteiger partial charge in [-0.05, 0) is 19.1 Å². The van der Waals surface area contributed by atoms with Crippen molar-refractivity contribution in [2.24, 2.45) is 0 Å². The van der Waals surface area contributed by atoms with Crippen molar-refractivity contribution < 1.29 is 14.7 Å². The third-order valence-electron chi connectivity index (χ3n) is 2.85. The van der Waals surface area contributed by atoms with Gasteiger partial charge in [-0.15, -0.1) is 11.8 Å². The maximum Gasteiger partial charge on any atom is 0.327 e. The van der Waals surface area contributed by atoms with Crippen molar-refractivity contribution in [3.8, 4) is 0 Å². The lowest BCUT2D eigenvalue weighted by Gasteiger charge is -2.25. The van der Waals surface area contributed by atoms with Gasteiger partial charge in [0.2, 0.25) is 0 Å². The van der Waals surface area contributed by atoms with E-state index in [0.29, 0.717) is 16.3 Å². The van der Waals surface area contributed by atoms with Crippen LogP contribution in [0.15, 0.2) is 24.3 Å². The van der Waals surface area contributed by atoms with Crippen LogP contribution in [-0.4, -0.2) is 39.1 Å². The lowest BCUT2D eigenvalue weighted by molar-refractivity contribution is -0.141. The van der Waals surface area contributed by atoms with Crippen molar-refractivity contribution in [1.29, 1.82) is 0 Å². The minimum atomic E-state index is -0.979. The molecule has 1 fully saturated rings. The van der Waals surface area contributed by atoms with Crippen LogP contribution in [0.25, 0.3) is 0 Å². The summed E-state index contributed by atoms with van der Waals surface area (Å²) in [6, 6.07) is 5.89. The maximum absolute atomic E-state index is 12.4. The molecule has 4 nitrogen and oxygen atoms in total. The number of carboxylic acid groups (broad SMARTS) is 1. The first-order chi connectivity index (χ1) is 8.52. The highest BCUT2D eigenvalue weighted by molar-refractivity contribution is 8.00. The van der Waals surface area contributed by atoms with Crippen LogP contribution in [0, 0.1) is 0 Å². The van der Waals surface area contributed by atoms with Crippen LogP contribution >= 0.6 is 23.4 Å². The Morgan fingerprint density at radius 3 is 2.72 bits per heavy atom. The summed E-state index contributed by atoms with van der Waals surface area (Å²) in [5, 5.41) is 9.31. The van der Waals surface area contributed by atoms with Gasteiger partial charge >= 0.3 is 5.97 Å². The summed E-state index contributed by atoms with van der Waals surface area (Å²) in [7, 11) is 0. The normalized spacial score (nSPS) is 23.1. The quantitative estimate of drug-likeness (QED) is 0.906. The number of thioether (sulfide) groups is 1. The van der Waals surface area contributed by atoms with Crippen LogP contribution in [0.4, 0.5) is 0 Å². The van der Waals surface area contributed by atoms with E-state index in [1.54, 1.807) is 24.3 Å². The fraction of sp³-hybridized carbons (Fsp3) is 0.333. The van der Waals surface area contributed by atoms with Crippen molar-refractivity contribution >= 4 is 35.2 Å². The summed E-state index contributed by atoms with van der Waals surface area (Å²) >= 11 is 7.42. The highest BCUT2D eigenvalue weighted by Crippen LogP contribution is 2.31. The van der Waals surface area contributed by atoms with E-state index in [4.69, 9.17) is 16.7 Å². The van der Waals surface area contributed by atoms with E-state index in [1.807, 2.05) is 6.92 Å². The summed E-state index contributed by atoms with van der Waals surface area (Å²) in [6.07, 6.45) is 0. The van der Waals surface area contributed by atoms with E-state index in [0.717, 1.165) is 0 Å². The van der Waals surface area contributed by atoms with E-state index < -0.39 is 12.0 Å². The summed E-state index contributed by atoms with van der Waals surface area (Å²) in [5.74, 6) is -0.898. The van der Waals surface area contributed by atoms with Gasteiger partial charge in [0.15, 0.2) is 0 Å². The molecule has 0 aliphatic carbocycles. The minimum absolute atomic E-state index is 0.158. The highest BCUT2D eigenvalue weighted by Gasteiger charge is 2.40. The SMILES string of the molecule is CC1SCC(C(=O)O)N1C(=O)c1ccccc1Cl. The van der Waals surface area contributed by atoms with Gasteiger partial charge in [-0.1, -0.05) is 23.7 Å². The molecule has 0 bridgehead atoms. The molecular formula is C12H12ClNO3S. The standard InChI is InChI=1S/C12H12ClNO3S/c1-7-14(10(6-18-7)12(16)17)11(15)8-4-2-3-5-9(8)13/h2-5,7,10H,6H2,1H3,(H,16,17). The zero-order chi connectivity index (χ0) is 13.3. The molecule has 1 amide bonds. The summed E-state index contributed by atoms with van der Waals surface area (Å²) in [5.41, 5.74) is 0.347. The molecule has 6 heteroatoms. The van der Waals surface area contributed by atoms with E-state index in [1.165, 1.54) is 16.7 Å². The summed E-state index contributed by atoms with van der Waals surface area (Å²) in [6.45, 7) is 1.82. The summed E-state index contributed by atoms with van der Waals surface area (Å²) in [4.78, 5) is 24.9. The van der Waals surface area contributed by atoms with Gasteiger partial charge in [0.25, 0.3) is 5.91 Å². The topological polar surface area (TPSA) is 57.6 Å². The van der Waals surface area contributed by atoms with Crippen LogP contribution in [0.5, 0.6) is 0 Å². The van der Waals surface area contributed by atoms with Crippen molar-refractivity contribution in [2.75, 3.05) is 5.75 Å². The van der Waals surface area contributed by atoms with Gasteiger partial charge in [-0.3, -0.25) is 4.79 Å². The number of amides is 1. The van der Waals surface area contributed by atoms with Crippen molar-refractivity contribution in [2.45, 2.75) is 18.3 Å². The molecule has 2 atom stereocenters. The van der Waals surface area contributed by atoms with Crippen LogP contribution < -0.4 is 0 Å². The van der Waals surface area contributed by atoms with Crippen molar-refractivity contribution in [3.63, 3.8) is 0 Å². The molecule has 1 aliphatic rings. The molecular weight excluding hydrogens is 274 g/mol. The van der Waals surface area contributed by atoms with Crippen molar-refractivity contribution in [3.05, 3.63) is 34.9 Å². The minimum Gasteiger partial charge on any atom is -0.480 e. The third-order valence-corrected chi connectivity index (χ3v) is 4.39. The lowest BCUT2D eigenvalue weighted by atomic mass is 10.1. The molecule has 0 spiro atoms. The Bertz CT molecular complexity index is 494. The molecule has 1 aromatic carbocycles. The van der Waals surface area contributed by atoms with Gasteiger partial charge in [0.1, 0.15) is 6.04 Å². The van der Waals surface area contributed by atoms with Gasteiger partial charge in [0.05, 0.1) is 16.0 Å². The molecule has 0 saturated carbocycles. The number of carboxylic acids is 1. The lowest BCUT2D eigenvalue weighted by Crippen LogP contribution is -2.44. The monoisotopic (exact) mass is 285 g/mol. The van der Waals surface area contributed by atoms with E-state index in [2.05, 4.69) is 0 Å². The smallest absolute Gasteiger partial charge is 0.327 e. The average molecular weight is 286 g/mol. The first-order valence-electron chi connectivity index (χ1n) is 5.44. The van der Waals surface area contributed by atoms with E-state index in [9.17, 15) is 9.59 Å². The molecule has 1 aliphatic heterocycles. The Hall–Kier alpha value is -1.20. The fourth-order valence-corrected chi connectivity index (χ4v) is 3.30. The molecule has 18 heavy (non-hydrogen) atoms. The molecule has 2 rings (SSSR count). The molecule has 2 unspecified atom stereocenters. The van der Waals surface area contributed by atoms with Gasteiger partial charge in [-0.2, -0.15) is 0 Å². The first kappa shape index (κ1) is 13.2. The van der Waals surface area contributed by atoms with Crippen LogP contribution in [-0.2, 0) is 4.79 Å². The molecule has 1 heterocycles. The zero-order valence-electron chi connectivity index (χ0n) is 9.67. The highest BCUT2D eigenvalue weighted by atomic mass is 35.5. The Balaban J connectivity index is 2.33. The third kappa shape index (κ3) is 2.33. The van der Waals surface area contributed by atoms with Crippen molar-refractivity contribution in [1.82, 2.24) is 4.90 Å². The van der Waals surface area contributed by atoms with E-state index in [-0.39, 0.29) is 11.3 Å². The first-order valence-corrected chi connectivity index (χ1v) is 6.86. The molecule has 0 radical (unpaired) electrons. The Morgan fingerprint density at radius 2 is 2.11 bits per heavy atom. The predicted octanol–water partition coefficient (Wildman–Crippen LogP) is 2.33. The number of rotatable bonds is 2. The van der Waals surface area contributed by atoms with Crippen LogP contribution in [0.1, 0.15) is 17.3 Å². The number of nitrogens with zero attached hydrogens (tertiary/aromatic N) is 1. The largest absolute Gasteiger partial charge is 0.480 e. The predicted molar refractivity (Wildman–Crippen MR) is 71.0 cm³/mol. The molecule has 1 N–H and O–H groups in total. The van der Waals surface area contributed by atoms with E-state index >= 15 is 0 Å². The maximum atomic E-state index is 12.4. The van der Waals surface area contributed by atoms with Crippen LogP contribution in [0.2, 0.25) is 5.02 Å². The number of aliphatic carboxylic acids is 1. The Labute approximate surface area is 114 Å².